The molecular weight excluding hydrogens is 429 g/mol. The molecule has 0 spiro atoms. The number of fused-ring (bicyclic) bond motifs is 1. The van der Waals surface area contributed by atoms with Gasteiger partial charge in [-0.25, -0.2) is 4.39 Å². The lowest BCUT2D eigenvalue weighted by Gasteiger charge is -2.17. The van der Waals surface area contributed by atoms with E-state index in [1.54, 1.807) is 48.0 Å². The van der Waals surface area contributed by atoms with E-state index >= 15 is 0 Å². The zero-order chi connectivity index (χ0) is 21.5. The molecule has 6 nitrogen and oxygen atoms in total. The molecule has 0 aliphatic heterocycles. The molecule has 3 aromatic carbocycles. The van der Waals surface area contributed by atoms with E-state index < -0.39 is 10.0 Å². The molecule has 154 valence electrons. The number of hydrogen-bond acceptors (Lipinski definition) is 3. The summed E-state index contributed by atoms with van der Waals surface area (Å²) in [7, 11) is -4.01. The van der Waals surface area contributed by atoms with Gasteiger partial charge in [0.25, 0.3) is 15.6 Å². The van der Waals surface area contributed by atoms with Gasteiger partial charge in [-0.3, -0.25) is 14.6 Å². The van der Waals surface area contributed by atoms with Crippen LogP contribution in [-0.4, -0.2) is 18.2 Å². The van der Waals surface area contributed by atoms with Gasteiger partial charge in [0.1, 0.15) is 5.82 Å². The predicted molar refractivity (Wildman–Crippen MR) is 115 cm³/mol. The zero-order valence-electron chi connectivity index (χ0n) is 15.8. The molecule has 0 aliphatic carbocycles. The Bertz CT molecular complexity index is 1400. The fraction of sp³-hybridized carbons (Fsp3) is 0.0952. The van der Waals surface area contributed by atoms with Crippen LogP contribution in [-0.2, 0) is 16.6 Å². The summed E-state index contributed by atoms with van der Waals surface area (Å²) in [6.07, 6.45) is 0. The third-order valence-electron chi connectivity index (χ3n) is 4.79. The highest BCUT2D eigenvalue weighted by Crippen LogP contribution is 2.29. The topological polar surface area (TPSA) is 75.2 Å². The Morgan fingerprint density at radius 2 is 1.77 bits per heavy atom. The largest absolute Gasteiger partial charge is 0.280 e. The molecule has 1 N–H and O–H groups in total. The molecule has 0 radical (unpaired) electrons. The summed E-state index contributed by atoms with van der Waals surface area (Å²) in [5.74, 6) is -0.341. The second kappa shape index (κ2) is 7.62. The highest BCUT2D eigenvalue weighted by Gasteiger charge is 2.25. The maximum atomic E-state index is 13.1. The zero-order valence-corrected chi connectivity index (χ0v) is 17.4. The summed E-state index contributed by atoms with van der Waals surface area (Å²) in [6.45, 7) is 2.01. The van der Waals surface area contributed by atoms with E-state index in [0.29, 0.717) is 26.8 Å². The first kappa shape index (κ1) is 20.2. The van der Waals surface area contributed by atoms with Crippen molar-refractivity contribution in [1.29, 1.82) is 0 Å². The standard InChI is InChI=1S/C21H17ClFN3O3S/c1-14-4-2-3-5-20(14)30(28,29)26(22)17-10-11-19-18(12-17)21(27)24-25(19)13-15-6-8-16(23)9-7-15/h2-12H,13H2,1H3,(H,24,27). The molecule has 0 atom stereocenters. The Hall–Kier alpha value is -3.10. The van der Waals surface area contributed by atoms with Gasteiger partial charge < -0.3 is 0 Å². The van der Waals surface area contributed by atoms with Gasteiger partial charge >= 0.3 is 0 Å². The van der Waals surface area contributed by atoms with E-state index in [-0.39, 0.29) is 22.0 Å². The van der Waals surface area contributed by atoms with Crippen LogP contribution in [0.1, 0.15) is 11.1 Å². The second-order valence-corrected chi connectivity index (χ2v) is 9.13. The quantitative estimate of drug-likeness (QED) is 0.468. The van der Waals surface area contributed by atoms with E-state index in [1.807, 2.05) is 0 Å². The summed E-state index contributed by atoms with van der Waals surface area (Å²) < 4.78 is 41.2. The van der Waals surface area contributed by atoms with Crippen molar-refractivity contribution in [3.8, 4) is 0 Å². The number of nitrogens with zero attached hydrogens (tertiary/aromatic N) is 2. The first-order valence-electron chi connectivity index (χ1n) is 9.01. The van der Waals surface area contributed by atoms with Crippen LogP contribution in [0, 0.1) is 12.7 Å². The van der Waals surface area contributed by atoms with Crippen LogP contribution in [0.4, 0.5) is 10.1 Å². The van der Waals surface area contributed by atoms with Crippen LogP contribution >= 0.6 is 11.8 Å². The number of sulfonamides is 1. The molecule has 1 aromatic heterocycles. The summed E-state index contributed by atoms with van der Waals surface area (Å²) in [6, 6.07) is 17.0. The summed E-state index contributed by atoms with van der Waals surface area (Å²) in [4.78, 5) is 12.5. The number of rotatable bonds is 5. The number of halogens is 2. The number of aromatic nitrogens is 2. The first-order chi connectivity index (χ1) is 14.3. The highest BCUT2D eigenvalue weighted by molar-refractivity contribution is 7.94. The maximum Gasteiger partial charge on any atom is 0.278 e. The molecule has 0 saturated carbocycles. The minimum atomic E-state index is -4.01. The van der Waals surface area contributed by atoms with Gasteiger partial charge in [-0.05, 0) is 54.4 Å². The van der Waals surface area contributed by atoms with Crippen molar-refractivity contribution in [2.24, 2.45) is 0 Å². The van der Waals surface area contributed by atoms with Crippen LogP contribution in [0.2, 0.25) is 0 Å². The average Bonchev–Trinajstić information content (AvgIpc) is 3.04. The van der Waals surface area contributed by atoms with E-state index in [9.17, 15) is 17.6 Å². The molecule has 9 heteroatoms. The molecular formula is C21H17ClFN3O3S. The van der Waals surface area contributed by atoms with E-state index in [4.69, 9.17) is 11.8 Å². The molecule has 0 unspecified atom stereocenters. The monoisotopic (exact) mass is 445 g/mol. The number of H-pyrrole nitrogens is 1. The molecule has 0 bridgehead atoms. The normalized spacial score (nSPS) is 11.7. The van der Waals surface area contributed by atoms with Crippen molar-refractivity contribution in [3.05, 3.63) is 94.0 Å². The van der Waals surface area contributed by atoms with Gasteiger partial charge in [-0.15, -0.1) is 0 Å². The molecule has 0 amide bonds. The fourth-order valence-electron chi connectivity index (χ4n) is 3.26. The van der Waals surface area contributed by atoms with Crippen LogP contribution < -0.4 is 9.38 Å². The minimum absolute atomic E-state index is 0.0860. The van der Waals surface area contributed by atoms with Crippen molar-refractivity contribution in [2.75, 3.05) is 3.82 Å². The number of hydrogen-bond donors (Lipinski definition) is 1. The summed E-state index contributed by atoms with van der Waals surface area (Å²) >= 11 is 6.20. The summed E-state index contributed by atoms with van der Waals surface area (Å²) in [5, 5.41) is 3.01. The van der Waals surface area contributed by atoms with Gasteiger partial charge in [-0.2, -0.15) is 12.2 Å². The number of aromatic amines is 1. The van der Waals surface area contributed by atoms with Crippen LogP contribution in [0.3, 0.4) is 0 Å². The third-order valence-corrected chi connectivity index (χ3v) is 7.18. The van der Waals surface area contributed by atoms with Crippen LogP contribution in [0.5, 0.6) is 0 Å². The van der Waals surface area contributed by atoms with E-state index in [2.05, 4.69) is 5.10 Å². The van der Waals surface area contributed by atoms with Gasteiger partial charge in [0.05, 0.1) is 28.0 Å². The van der Waals surface area contributed by atoms with Crippen molar-refractivity contribution < 1.29 is 12.8 Å². The van der Waals surface area contributed by atoms with Crippen molar-refractivity contribution in [1.82, 2.24) is 9.78 Å². The Balaban J connectivity index is 1.72. The minimum Gasteiger partial charge on any atom is -0.280 e. The van der Waals surface area contributed by atoms with Crippen LogP contribution in [0.25, 0.3) is 10.9 Å². The third kappa shape index (κ3) is 3.59. The Morgan fingerprint density at radius 3 is 2.47 bits per heavy atom. The maximum absolute atomic E-state index is 13.1. The predicted octanol–water partition coefficient (Wildman–Crippen LogP) is 4.17. The highest BCUT2D eigenvalue weighted by atomic mass is 35.5. The molecule has 30 heavy (non-hydrogen) atoms. The smallest absolute Gasteiger partial charge is 0.278 e. The lowest BCUT2D eigenvalue weighted by Crippen LogP contribution is -2.22. The Morgan fingerprint density at radius 1 is 1.07 bits per heavy atom. The van der Waals surface area contributed by atoms with Gasteiger partial charge in [0.2, 0.25) is 0 Å². The van der Waals surface area contributed by atoms with Crippen molar-refractivity contribution >= 4 is 38.4 Å². The number of aryl methyl sites for hydroxylation is 1. The molecule has 0 fully saturated rings. The van der Waals surface area contributed by atoms with Gasteiger partial charge in [-0.1, -0.05) is 30.3 Å². The Kier molecular flexibility index (Phi) is 5.13. The van der Waals surface area contributed by atoms with Crippen LogP contribution in [0.15, 0.2) is 76.4 Å². The average molecular weight is 446 g/mol. The van der Waals surface area contributed by atoms with Crippen molar-refractivity contribution in [2.45, 2.75) is 18.4 Å². The fourth-order valence-corrected chi connectivity index (χ4v) is 4.88. The lowest BCUT2D eigenvalue weighted by atomic mass is 10.2. The van der Waals surface area contributed by atoms with Gasteiger partial charge in [0.15, 0.2) is 0 Å². The lowest BCUT2D eigenvalue weighted by molar-refractivity contribution is 0.597. The molecule has 4 aromatic rings. The number of benzene rings is 3. The Labute approximate surface area is 177 Å². The molecule has 1 heterocycles. The first-order valence-corrected chi connectivity index (χ1v) is 10.8. The second-order valence-electron chi connectivity index (χ2n) is 6.84. The molecule has 0 aliphatic rings. The van der Waals surface area contributed by atoms with E-state index in [1.165, 1.54) is 30.3 Å². The number of nitrogens with one attached hydrogen (secondary N) is 1. The summed E-state index contributed by atoms with van der Waals surface area (Å²) in [5.41, 5.74) is 1.71. The van der Waals surface area contributed by atoms with Crippen molar-refractivity contribution in [3.63, 3.8) is 0 Å². The van der Waals surface area contributed by atoms with Gasteiger partial charge in [0, 0.05) is 11.8 Å². The number of anilines is 1. The molecule has 4 rings (SSSR count). The van der Waals surface area contributed by atoms with E-state index in [0.717, 1.165) is 5.56 Å². The molecule has 0 saturated heterocycles. The SMILES string of the molecule is Cc1ccccc1S(=O)(=O)N(Cl)c1ccc2c(c1)c(=O)[nH]n2Cc1ccc(F)cc1.